The molecule has 0 atom stereocenters. The zero-order chi connectivity index (χ0) is 11.8. The molecule has 1 aromatic carbocycles. The largest absolute Gasteiger partial charge is 0.313 e. The Kier molecular flexibility index (Phi) is 5.82. The van der Waals surface area contributed by atoms with Crippen LogP contribution in [0.1, 0.15) is 25.3 Å². The molecular weight excluding hydrogens is 222 g/mol. The molecule has 0 spiro atoms. The highest BCUT2D eigenvalue weighted by atomic mass is 32.2. The summed E-state index contributed by atoms with van der Waals surface area (Å²) in [6.45, 7) is 3.32. The second-order valence-electron chi connectivity index (χ2n) is 3.70. The zero-order valence-corrected chi connectivity index (χ0v) is 10.3. The predicted octanol–water partition coefficient (Wildman–Crippen LogP) is 1.63. The van der Waals surface area contributed by atoms with Crippen LogP contribution in [0.4, 0.5) is 0 Å². The van der Waals surface area contributed by atoms with Gasteiger partial charge in [0.2, 0.25) is 10.3 Å². The second-order valence-corrected chi connectivity index (χ2v) is 4.87. The lowest BCUT2D eigenvalue weighted by molar-refractivity contribution is 0.625. The maximum absolute atomic E-state index is 10.5. The molecule has 0 amide bonds. The second kappa shape index (κ2) is 7.19. The van der Waals surface area contributed by atoms with Gasteiger partial charge in [-0.15, -0.1) is 0 Å². The first-order valence-corrected chi connectivity index (χ1v) is 6.44. The fourth-order valence-corrected chi connectivity index (χ4v) is 1.69. The highest BCUT2D eigenvalue weighted by molar-refractivity contribution is 7.72. The smallest absolute Gasteiger partial charge is 0.212 e. The number of rotatable bonds is 6. The van der Waals surface area contributed by atoms with E-state index in [9.17, 15) is 8.42 Å². The molecule has 0 unspecified atom stereocenters. The average Bonchev–Trinajstić information content (AvgIpc) is 2.29. The van der Waals surface area contributed by atoms with E-state index in [0.29, 0.717) is 11.3 Å². The topological polar surface area (TPSA) is 46.2 Å². The van der Waals surface area contributed by atoms with Gasteiger partial charge in [0, 0.05) is 11.4 Å². The molecule has 0 radical (unpaired) electrons. The minimum absolute atomic E-state index is 0.529. The van der Waals surface area contributed by atoms with Crippen LogP contribution in [0.2, 0.25) is 0 Å². The van der Waals surface area contributed by atoms with Gasteiger partial charge in [0.15, 0.2) is 0 Å². The lowest BCUT2D eigenvalue weighted by atomic mass is 10.2. The third kappa shape index (κ3) is 5.09. The highest BCUT2D eigenvalue weighted by Gasteiger charge is 1.94. The Morgan fingerprint density at radius 2 is 1.94 bits per heavy atom. The summed E-state index contributed by atoms with van der Waals surface area (Å²) in [6, 6.07) is 10.1. The van der Waals surface area contributed by atoms with Gasteiger partial charge in [-0.05, 0) is 31.9 Å². The van der Waals surface area contributed by atoms with E-state index in [-0.39, 0.29) is 0 Å². The Bertz CT molecular complexity index is 429. The van der Waals surface area contributed by atoms with E-state index in [2.05, 4.69) is 17.4 Å². The Labute approximate surface area is 98.0 Å². The quantitative estimate of drug-likeness (QED) is 0.606. The van der Waals surface area contributed by atoms with Gasteiger partial charge < -0.3 is 5.32 Å². The lowest BCUT2D eigenvalue weighted by Crippen LogP contribution is -2.15. The van der Waals surface area contributed by atoms with E-state index in [1.807, 2.05) is 18.2 Å². The van der Waals surface area contributed by atoms with Gasteiger partial charge in [0.25, 0.3) is 0 Å². The van der Waals surface area contributed by atoms with Crippen LogP contribution in [0.5, 0.6) is 0 Å². The summed E-state index contributed by atoms with van der Waals surface area (Å²) in [5.74, 6) is 0. The van der Waals surface area contributed by atoms with Crippen LogP contribution in [-0.4, -0.2) is 19.8 Å². The third-order valence-corrected chi connectivity index (χ3v) is 3.11. The Morgan fingerprint density at radius 1 is 1.25 bits per heavy atom. The van der Waals surface area contributed by atoms with Crippen LogP contribution in [0.15, 0.2) is 30.3 Å². The van der Waals surface area contributed by atoms with Crippen molar-refractivity contribution >= 4 is 15.2 Å². The summed E-state index contributed by atoms with van der Waals surface area (Å²) in [4.78, 5) is 0.529. The molecule has 88 valence electrons. The third-order valence-electron chi connectivity index (χ3n) is 2.34. The van der Waals surface area contributed by atoms with E-state index >= 15 is 0 Å². The number of benzene rings is 1. The molecule has 4 heteroatoms. The normalized spacial score (nSPS) is 10.1. The fourth-order valence-electron chi connectivity index (χ4n) is 1.37. The Balaban J connectivity index is 2.16. The van der Waals surface area contributed by atoms with Gasteiger partial charge in [-0.3, -0.25) is 0 Å². The molecule has 0 fully saturated rings. The molecule has 0 bridgehead atoms. The van der Waals surface area contributed by atoms with Gasteiger partial charge in [0.1, 0.15) is 0 Å². The van der Waals surface area contributed by atoms with Gasteiger partial charge in [-0.2, -0.15) is 8.42 Å². The van der Waals surface area contributed by atoms with Crippen molar-refractivity contribution in [2.45, 2.75) is 26.3 Å². The predicted molar refractivity (Wildman–Crippen MR) is 67.0 cm³/mol. The molecule has 0 aliphatic heterocycles. The van der Waals surface area contributed by atoms with Crippen LogP contribution in [0.3, 0.4) is 0 Å². The summed E-state index contributed by atoms with van der Waals surface area (Å²) in [5.41, 5.74) is 1.25. The van der Waals surface area contributed by atoms with Crippen molar-refractivity contribution in [3.63, 3.8) is 0 Å². The molecule has 0 aromatic heterocycles. The molecule has 0 heterocycles. The summed E-state index contributed by atoms with van der Waals surface area (Å²) in [7, 11) is -2.01. The molecule has 0 aliphatic carbocycles. The van der Waals surface area contributed by atoms with E-state index in [4.69, 9.17) is 0 Å². The van der Waals surface area contributed by atoms with Crippen molar-refractivity contribution in [3.05, 3.63) is 35.9 Å². The fraction of sp³-hybridized carbons (Fsp3) is 0.417. The first-order valence-electron chi connectivity index (χ1n) is 5.36. The molecule has 1 aromatic rings. The van der Waals surface area contributed by atoms with Crippen molar-refractivity contribution in [1.29, 1.82) is 0 Å². The average molecular weight is 239 g/mol. The molecule has 3 nitrogen and oxygen atoms in total. The van der Waals surface area contributed by atoms with E-state index in [1.54, 1.807) is 6.92 Å². The van der Waals surface area contributed by atoms with Crippen molar-refractivity contribution in [3.8, 4) is 0 Å². The maximum Gasteiger partial charge on any atom is 0.212 e. The van der Waals surface area contributed by atoms with Crippen LogP contribution in [0, 0.1) is 0 Å². The number of hydrogen-bond donors (Lipinski definition) is 1. The molecule has 1 rings (SSSR count). The standard InChI is InChI=1S/C12H17NO2S/c1-11(16(14)15)6-5-9-13-10-12-7-3-2-4-8-12/h2-4,7-8,13H,5-6,9-10H2,1H3. The minimum Gasteiger partial charge on any atom is -0.313 e. The number of hydrogen-bond acceptors (Lipinski definition) is 3. The van der Waals surface area contributed by atoms with Crippen LogP contribution < -0.4 is 5.32 Å². The van der Waals surface area contributed by atoms with Crippen LogP contribution >= 0.6 is 0 Å². The molecule has 1 N–H and O–H groups in total. The summed E-state index contributed by atoms with van der Waals surface area (Å²) in [6.07, 6.45) is 1.49. The van der Waals surface area contributed by atoms with Crippen LogP contribution in [0.25, 0.3) is 0 Å². The molecule has 0 aliphatic rings. The molecular formula is C12H17NO2S. The molecule has 0 saturated carbocycles. The van der Waals surface area contributed by atoms with Gasteiger partial charge in [-0.1, -0.05) is 30.3 Å². The first-order chi connectivity index (χ1) is 7.70. The minimum atomic E-state index is -2.01. The van der Waals surface area contributed by atoms with Crippen LogP contribution in [-0.2, 0) is 16.8 Å². The Hall–Kier alpha value is -1.13. The maximum atomic E-state index is 10.5. The van der Waals surface area contributed by atoms with Gasteiger partial charge >= 0.3 is 0 Å². The monoisotopic (exact) mass is 239 g/mol. The van der Waals surface area contributed by atoms with Gasteiger partial charge in [-0.25, -0.2) is 0 Å². The SMILES string of the molecule is CC(CCCNCc1ccccc1)=S(=O)=O. The van der Waals surface area contributed by atoms with Gasteiger partial charge in [0.05, 0.1) is 0 Å². The Morgan fingerprint density at radius 3 is 2.56 bits per heavy atom. The first kappa shape index (κ1) is 12.9. The molecule has 0 saturated heterocycles. The van der Waals surface area contributed by atoms with E-state index in [1.165, 1.54) is 5.56 Å². The van der Waals surface area contributed by atoms with Crippen molar-refractivity contribution in [1.82, 2.24) is 5.32 Å². The lowest BCUT2D eigenvalue weighted by Gasteiger charge is -2.03. The van der Waals surface area contributed by atoms with E-state index < -0.39 is 10.3 Å². The zero-order valence-electron chi connectivity index (χ0n) is 9.44. The molecule has 16 heavy (non-hydrogen) atoms. The summed E-state index contributed by atoms with van der Waals surface area (Å²) >= 11 is 0. The highest BCUT2D eigenvalue weighted by Crippen LogP contribution is 1.97. The van der Waals surface area contributed by atoms with Crippen molar-refractivity contribution in [2.24, 2.45) is 0 Å². The summed E-state index contributed by atoms with van der Waals surface area (Å²) < 4.78 is 21.1. The van der Waals surface area contributed by atoms with Crippen molar-refractivity contribution < 1.29 is 8.42 Å². The summed E-state index contributed by atoms with van der Waals surface area (Å²) in [5, 5.41) is 3.28. The van der Waals surface area contributed by atoms with Crippen molar-refractivity contribution in [2.75, 3.05) is 6.54 Å². The number of nitrogens with one attached hydrogen (secondary N) is 1. The van der Waals surface area contributed by atoms with E-state index in [0.717, 1.165) is 19.5 Å².